The monoisotopic (exact) mass is 562 g/mol. The summed E-state index contributed by atoms with van der Waals surface area (Å²) in [6.07, 6.45) is 2.09. The molecule has 3 aromatic heterocycles. The summed E-state index contributed by atoms with van der Waals surface area (Å²) in [6.45, 7) is 4.21. The van der Waals surface area contributed by atoms with Crippen LogP contribution in [0.5, 0.6) is 0 Å². The van der Waals surface area contributed by atoms with Gasteiger partial charge in [0.25, 0.3) is 0 Å². The number of anilines is 1. The van der Waals surface area contributed by atoms with E-state index < -0.39 is 11.7 Å². The van der Waals surface area contributed by atoms with Crippen LogP contribution in [0.4, 0.5) is 23.8 Å². The lowest BCUT2D eigenvalue weighted by Gasteiger charge is -2.33. The van der Waals surface area contributed by atoms with Gasteiger partial charge in [-0.3, -0.25) is 14.2 Å². The van der Waals surface area contributed by atoms with E-state index in [0.717, 1.165) is 37.0 Å². The molecule has 2 fully saturated rings. The molecule has 2 aliphatic heterocycles. The van der Waals surface area contributed by atoms with Crippen LogP contribution >= 0.6 is 0 Å². The van der Waals surface area contributed by atoms with Gasteiger partial charge in [-0.25, -0.2) is 14.8 Å². The molecule has 1 amide bonds. The number of carbonyl (C=O) groups excluding carboxylic acids is 2. The molecule has 0 saturated carbocycles. The Morgan fingerprint density at radius 1 is 1.15 bits per heavy atom. The van der Waals surface area contributed by atoms with Gasteiger partial charge in [-0.05, 0) is 31.1 Å². The van der Waals surface area contributed by atoms with Crippen molar-refractivity contribution in [2.45, 2.75) is 43.5 Å². The SMILES string of the molecule is C=C[C@H]1OC(=O)N2C[C@H](c3nc(-c4ccc(C(=O)Cc5cc(C(F)(F)F)ccn5)cc4)c4c(N)nccn34)CC[C@@H]12. The van der Waals surface area contributed by atoms with Crippen molar-refractivity contribution < 1.29 is 27.5 Å². The lowest BCUT2D eigenvalue weighted by atomic mass is 9.90. The molecule has 1 aromatic carbocycles. The number of pyridine rings is 1. The zero-order chi connectivity index (χ0) is 28.9. The van der Waals surface area contributed by atoms with Crippen molar-refractivity contribution in [2.24, 2.45) is 0 Å². The van der Waals surface area contributed by atoms with Crippen molar-refractivity contribution in [2.75, 3.05) is 12.3 Å². The average molecular weight is 563 g/mol. The summed E-state index contributed by atoms with van der Waals surface area (Å²) in [4.78, 5) is 40.1. The highest BCUT2D eigenvalue weighted by Gasteiger charge is 2.45. The lowest BCUT2D eigenvalue weighted by molar-refractivity contribution is -0.137. The molecular weight excluding hydrogens is 537 g/mol. The highest BCUT2D eigenvalue weighted by Crippen LogP contribution is 2.38. The van der Waals surface area contributed by atoms with Crippen LogP contribution < -0.4 is 5.73 Å². The number of aromatic nitrogens is 4. The van der Waals surface area contributed by atoms with Crippen LogP contribution in [0.25, 0.3) is 16.8 Å². The molecule has 0 radical (unpaired) electrons. The van der Waals surface area contributed by atoms with E-state index in [2.05, 4.69) is 16.5 Å². The molecule has 2 saturated heterocycles. The van der Waals surface area contributed by atoms with Crippen molar-refractivity contribution in [3.8, 4) is 11.3 Å². The summed E-state index contributed by atoms with van der Waals surface area (Å²) < 4.78 is 46.4. The van der Waals surface area contributed by atoms with Gasteiger partial charge in [0.2, 0.25) is 0 Å². The molecule has 9 nitrogen and oxygen atoms in total. The number of amides is 1. The number of ether oxygens (including phenoxy) is 1. The molecule has 4 aromatic rings. The van der Waals surface area contributed by atoms with Crippen molar-refractivity contribution in [1.29, 1.82) is 0 Å². The summed E-state index contributed by atoms with van der Waals surface area (Å²) in [6, 6.07) is 8.34. The van der Waals surface area contributed by atoms with Crippen LogP contribution in [0.2, 0.25) is 0 Å². The molecule has 0 aliphatic carbocycles. The number of hydrogen-bond acceptors (Lipinski definition) is 7. The average Bonchev–Trinajstić information content (AvgIpc) is 3.51. The van der Waals surface area contributed by atoms with E-state index in [1.807, 2.05) is 4.40 Å². The number of carbonyl (C=O) groups is 2. The minimum atomic E-state index is -4.52. The molecule has 5 heterocycles. The largest absolute Gasteiger partial charge is 0.440 e. The first kappa shape index (κ1) is 26.5. The highest BCUT2D eigenvalue weighted by atomic mass is 19.4. The summed E-state index contributed by atoms with van der Waals surface area (Å²) in [7, 11) is 0. The lowest BCUT2D eigenvalue weighted by Crippen LogP contribution is -2.43. The second-order valence-electron chi connectivity index (χ2n) is 10.1. The number of alkyl halides is 3. The highest BCUT2D eigenvalue weighted by molar-refractivity contribution is 5.98. The third kappa shape index (κ3) is 4.79. The number of ketones is 1. The van der Waals surface area contributed by atoms with Crippen molar-refractivity contribution in [3.05, 3.63) is 90.3 Å². The number of Topliss-reactive ketones (excluding diaryl/α,β-unsaturated/α-hetero) is 1. The van der Waals surface area contributed by atoms with Crippen LogP contribution in [-0.4, -0.2) is 54.8 Å². The van der Waals surface area contributed by atoms with Crippen molar-refractivity contribution in [3.63, 3.8) is 0 Å². The van der Waals surface area contributed by atoms with Gasteiger partial charge in [0.1, 0.15) is 29.0 Å². The van der Waals surface area contributed by atoms with Gasteiger partial charge in [-0.2, -0.15) is 13.2 Å². The van der Waals surface area contributed by atoms with Crippen LogP contribution in [0.15, 0.2) is 67.6 Å². The number of benzene rings is 1. The Labute approximate surface area is 232 Å². The molecule has 3 atom stereocenters. The Morgan fingerprint density at radius 2 is 1.93 bits per heavy atom. The van der Waals surface area contributed by atoms with E-state index in [4.69, 9.17) is 15.5 Å². The van der Waals surface area contributed by atoms with Gasteiger partial charge in [0.05, 0.1) is 18.0 Å². The van der Waals surface area contributed by atoms with E-state index in [1.54, 1.807) is 47.6 Å². The zero-order valence-corrected chi connectivity index (χ0v) is 21.7. The maximum absolute atomic E-state index is 13.0. The second kappa shape index (κ2) is 10.0. The molecule has 0 unspecified atom stereocenters. The molecule has 12 heteroatoms. The molecule has 41 heavy (non-hydrogen) atoms. The fourth-order valence-corrected chi connectivity index (χ4v) is 5.63. The van der Waals surface area contributed by atoms with Crippen LogP contribution in [0, 0.1) is 0 Å². The number of nitrogen functional groups attached to an aromatic ring is 1. The summed E-state index contributed by atoms with van der Waals surface area (Å²) in [5.74, 6) is 0.560. The van der Waals surface area contributed by atoms with Gasteiger partial charge in [-0.1, -0.05) is 30.8 Å². The maximum atomic E-state index is 13.0. The van der Waals surface area contributed by atoms with Gasteiger partial charge < -0.3 is 15.4 Å². The number of piperidine rings is 1. The van der Waals surface area contributed by atoms with E-state index >= 15 is 0 Å². The Morgan fingerprint density at radius 3 is 2.66 bits per heavy atom. The molecular formula is C29H25F3N6O3. The quantitative estimate of drug-likeness (QED) is 0.258. The van der Waals surface area contributed by atoms with Gasteiger partial charge >= 0.3 is 12.3 Å². The maximum Gasteiger partial charge on any atom is 0.416 e. The fourth-order valence-electron chi connectivity index (χ4n) is 5.63. The fraction of sp³-hybridized carbons (Fsp3) is 0.276. The first-order valence-corrected chi connectivity index (χ1v) is 13.0. The zero-order valence-electron chi connectivity index (χ0n) is 21.7. The normalized spacial score (nSPS) is 20.6. The van der Waals surface area contributed by atoms with E-state index in [1.165, 1.54) is 0 Å². The number of rotatable bonds is 6. The molecule has 2 aliphatic rings. The van der Waals surface area contributed by atoms with Crippen LogP contribution in [0.3, 0.4) is 0 Å². The third-order valence-electron chi connectivity index (χ3n) is 7.65. The van der Waals surface area contributed by atoms with E-state index in [0.29, 0.717) is 28.9 Å². The first-order chi connectivity index (χ1) is 19.6. The van der Waals surface area contributed by atoms with E-state index in [9.17, 15) is 22.8 Å². The third-order valence-corrected chi connectivity index (χ3v) is 7.65. The van der Waals surface area contributed by atoms with Crippen LogP contribution in [0.1, 0.15) is 46.2 Å². The second-order valence-corrected chi connectivity index (χ2v) is 10.1. The number of halogens is 3. The smallest absolute Gasteiger partial charge is 0.416 e. The number of fused-ring (bicyclic) bond motifs is 2. The number of hydrogen-bond donors (Lipinski definition) is 1. The summed E-state index contributed by atoms with van der Waals surface area (Å²) in [5, 5.41) is 0. The standard InChI is InChI=1S/C29H25F3N6O3/c1-2-23-21-8-7-18(15-38(21)28(40)41-23)27-36-24(25-26(33)35-11-12-37(25)27)17-5-3-16(4-6-17)22(39)14-20-13-19(9-10-34-20)29(30,31)32/h2-6,9-13,18,21,23H,1,7-8,14-15H2,(H2,33,35)/t18-,21+,23-/m1/s1. The number of nitrogens with two attached hydrogens (primary N) is 1. The molecule has 0 spiro atoms. The minimum Gasteiger partial charge on any atom is -0.440 e. The Bertz CT molecular complexity index is 1670. The topological polar surface area (TPSA) is 116 Å². The molecule has 2 N–H and O–H groups in total. The van der Waals surface area contributed by atoms with Gasteiger partial charge in [-0.15, -0.1) is 0 Å². The number of imidazole rings is 1. The van der Waals surface area contributed by atoms with E-state index in [-0.39, 0.29) is 47.9 Å². The number of cyclic esters (lactones) is 1. The first-order valence-electron chi connectivity index (χ1n) is 13.0. The predicted octanol–water partition coefficient (Wildman–Crippen LogP) is 5.07. The van der Waals surface area contributed by atoms with Gasteiger partial charge in [0, 0.05) is 47.9 Å². The molecule has 210 valence electrons. The Kier molecular flexibility index (Phi) is 6.47. The van der Waals surface area contributed by atoms with Crippen LogP contribution in [-0.2, 0) is 17.3 Å². The predicted molar refractivity (Wildman–Crippen MR) is 143 cm³/mol. The summed E-state index contributed by atoms with van der Waals surface area (Å²) in [5.41, 5.74) is 7.64. The minimum absolute atomic E-state index is 0.0357. The molecule has 6 rings (SSSR count). The van der Waals surface area contributed by atoms with Crippen molar-refractivity contribution in [1.82, 2.24) is 24.3 Å². The Balaban J connectivity index is 1.27. The Hall–Kier alpha value is -4.74. The number of nitrogens with zero attached hydrogens (tertiary/aromatic N) is 5. The summed E-state index contributed by atoms with van der Waals surface area (Å²) >= 11 is 0. The molecule has 0 bridgehead atoms. The van der Waals surface area contributed by atoms with Gasteiger partial charge in [0.15, 0.2) is 5.78 Å². The van der Waals surface area contributed by atoms with Crippen molar-refractivity contribution >= 4 is 23.2 Å².